The molecule has 0 aliphatic rings. The van der Waals surface area contributed by atoms with Crippen LogP contribution in [0.5, 0.6) is 0 Å². The molecule has 0 fully saturated rings. The van der Waals surface area contributed by atoms with Crippen molar-refractivity contribution in [2.45, 2.75) is 20.4 Å². The topological polar surface area (TPSA) is 17.0 Å². The van der Waals surface area contributed by atoms with Crippen molar-refractivity contribution < 1.29 is 0 Å². The van der Waals surface area contributed by atoms with Crippen molar-refractivity contribution in [3.8, 4) is 5.69 Å². The summed E-state index contributed by atoms with van der Waals surface area (Å²) in [5, 5.41) is 3.19. The highest BCUT2D eigenvalue weighted by Gasteiger charge is 2.03. The minimum Gasteiger partial charge on any atom is -0.320 e. The van der Waals surface area contributed by atoms with E-state index in [-0.39, 0.29) is 0 Å². The molecule has 2 heteroatoms. The predicted molar refractivity (Wildman–Crippen MR) is 68.0 cm³/mol. The Bertz CT molecular complexity index is 483. The van der Waals surface area contributed by atoms with E-state index in [1.54, 1.807) is 0 Å². The van der Waals surface area contributed by atoms with Crippen molar-refractivity contribution in [2.24, 2.45) is 0 Å². The lowest BCUT2D eigenvalue weighted by Crippen LogP contribution is -2.09. The van der Waals surface area contributed by atoms with Crippen molar-refractivity contribution in [3.05, 3.63) is 53.3 Å². The molecular formula is C14H18N2. The molecule has 1 N–H and O–H groups in total. The standard InChI is InChI=1S/C14H18N2/c1-11-6-7-13(9-12(11)2)16-8-4-5-14(16)10-15-3/h4-9,15H,10H2,1-3H3. The van der Waals surface area contributed by atoms with E-state index in [2.05, 4.69) is 60.3 Å². The van der Waals surface area contributed by atoms with Gasteiger partial charge in [-0.25, -0.2) is 0 Å². The summed E-state index contributed by atoms with van der Waals surface area (Å²) in [6.45, 7) is 5.18. The van der Waals surface area contributed by atoms with Crippen LogP contribution in [0.4, 0.5) is 0 Å². The van der Waals surface area contributed by atoms with Crippen molar-refractivity contribution in [2.75, 3.05) is 7.05 Å². The van der Waals surface area contributed by atoms with Gasteiger partial charge in [0.15, 0.2) is 0 Å². The third kappa shape index (κ3) is 2.02. The zero-order valence-corrected chi connectivity index (χ0v) is 10.1. The van der Waals surface area contributed by atoms with Gasteiger partial charge in [-0.1, -0.05) is 6.07 Å². The first-order valence-corrected chi connectivity index (χ1v) is 5.61. The minimum atomic E-state index is 0.889. The lowest BCUT2D eigenvalue weighted by molar-refractivity contribution is 0.768. The van der Waals surface area contributed by atoms with Gasteiger partial charge in [0.25, 0.3) is 0 Å². The SMILES string of the molecule is CNCc1cccn1-c1ccc(C)c(C)c1. The van der Waals surface area contributed by atoms with E-state index >= 15 is 0 Å². The van der Waals surface area contributed by atoms with E-state index in [1.807, 2.05) is 7.05 Å². The van der Waals surface area contributed by atoms with Crippen LogP contribution in [-0.2, 0) is 6.54 Å². The molecule has 0 bridgehead atoms. The summed E-state index contributed by atoms with van der Waals surface area (Å²) in [6.07, 6.45) is 2.11. The first kappa shape index (κ1) is 11.0. The average molecular weight is 214 g/mol. The molecule has 1 aromatic heterocycles. The molecule has 2 rings (SSSR count). The Kier molecular flexibility index (Phi) is 3.11. The largest absolute Gasteiger partial charge is 0.320 e. The molecule has 0 unspecified atom stereocenters. The van der Waals surface area contributed by atoms with Gasteiger partial charge in [-0.05, 0) is 56.3 Å². The highest BCUT2D eigenvalue weighted by molar-refractivity contribution is 5.41. The second kappa shape index (κ2) is 4.54. The molecule has 1 heterocycles. The van der Waals surface area contributed by atoms with Crippen LogP contribution in [0.25, 0.3) is 5.69 Å². The quantitative estimate of drug-likeness (QED) is 0.831. The van der Waals surface area contributed by atoms with Gasteiger partial charge in [-0.2, -0.15) is 0 Å². The van der Waals surface area contributed by atoms with Gasteiger partial charge >= 0.3 is 0 Å². The number of aromatic nitrogens is 1. The normalized spacial score (nSPS) is 10.7. The lowest BCUT2D eigenvalue weighted by atomic mass is 10.1. The van der Waals surface area contributed by atoms with E-state index in [0.29, 0.717) is 0 Å². The number of benzene rings is 1. The smallest absolute Gasteiger partial charge is 0.0455 e. The third-order valence-electron chi connectivity index (χ3n) is 2.96. The molecule has 2 aromatic rings. The van der Waals surface area contributed by atoms with Crippen LogP contribution < -0.4 is 5.32 Å². The second-order valence-electron chi connectivity index (χ2n) is 4.17. The lowest BCUT2D eigenvalue weighted by Gasteiger charge is -2.10. The molecule has 16 heavy (non-hydrogen) atoms. The van der Waals surface area contributed by atoms with Crippen LogP contribution in [0.15, 0.2) is 36.5 Å². The summed E-state index contributed by atoms with van der Waals surface area (Å²) in [6, 6.07) is 10.8. The Morgan fingerprint density at radius 2 is 1.94 bits per heavy atom. The summed E-state index contributed by atoms with van der Waals surface area (Å²) in [7, 11) is 1.97. The van der Waals surface area contributed by atoms with E-state index in [1.165, 1.54) is 22.5 Å². The number of nitrogens with one attached hydrogen (secondary N) is 1. The number of hydrogen-bond acceptors (Lipinski definition) is 1. The Morgan fingerprint density at radius 1 is 1.12 bits per heavy atom. The zero-order valence-electron chi connectivity index (χ0n) is 10.1. The average Bonchev–Trinajstić information content (AvgIpc) is 2.71. The summed E-state index contributed by atoms with van der Waals surface area (Å²) in [5.74, 6) is 0. The Morgan fingerprint density at radius 3 is 2.62 bits per heavy atom. The van der Waals surface area contributed by atoms with E-state index < -0.39 is 0 Å². The monoisotopic (exact) mass is 214 g/mol. The molecule has 0 amide bonds. The first-order chi connectivity index (χ1) is 7.72. The summed E-state index contributed by atoms with van der Waals surface area (Å²) in [4.78, 5) is 0. The molecule has 0 atom stereocenters. The molecule has 84 valence electrons. The maximum absolute atomic E-state index is 3.19. The zero-order chi connectivity index (χ0) is 11.5. The van der Waals surface area contributed by atoms with Crippen LogP contribution in [0, 0.1) is 13.8 Å². The third-order valence-corrected chi connectivity index (χ3v) is 2.96. The van der Waals surface area contributed by atoms with Crippen LogP contribution in [0.1, 0.15) is 16.8 Å². The maximum Gasteiger partial charge on any atom is 0.0455 e. The Labute approximate surface area is 96.9 Å². The van der Waals surface area contributed by atoms with Crippen molar-refractivity contribution in [1.29, 1.82) is 0 Å². The molecule has 0 spiro atoms. The fraction of sp³-hybridized carbons (Fsp3) is 0.286. The minimum absolute atomic E-state index is 0.889. The summed E-state index contributed by atoms with van der Waals surface area (Å²) >= 11 is 0. The van der Waals surface area contributed by atoms with Crippen molar-refractivity contribution in [1.82, 2.24) is 9.88 Å². The Balaban J connectivity index is 2.42. The number of aryl methyl sites for hydroxylation is 2. The van der Waals surface area contributed by atoms with Crippen molar-refractivity contribution >= 4 is 0 Å². The first-order valence-electron chi connectivity index (χ1n) is 5.61. The summed E-state index contributed by atoms with van der Waals surface area (Å²) in [5.41, 5.74) is 5.19. The van der Waals surface area contributed by atoms with Crippen LogP contribution in [0.3, 0.4) is 0 Å². The second-order valence-corrected chi connectivity index (χ2v) is 4.17. The van der Waals surface area contributed by atoms with Crippen LogP contribution in [-0.4, -0.2) is 11.6 Å². The van der Waals surface area contributed by atoms with Gasteiger partial charge in [-0.3, -0.25) is 0 Å². The van der Waals surface area contributed by atoms with Gasteiger partial charge in [0.05, 0.1) is 0 Å². The van der Waals surface area contributed by atoms with E-state index in [4.69, 9.17) is 0 Å². The van der Waals surface area contributed by atoms with Crippen molar-refractivity contribution in [3.63, 3.8) is 0 Å². The van der Waals surface area contributed by atoms with Gasteiger partial charge in [0, 0.05) is 24.1 Å². The molecule has 2 nitrogen and oxygen atoms in total. The van der Waals surface area contributed by atoms with Gasteiger partial charge in [-0.15, -0.1) is 0 Å². The molecule has 0 aliphatic carbocycles. The molecule has 0 saturated carbocycles. The molecule has 0 saturated heterocycles. The Hall–Kier alpha value is -1.54. The molecule has 1 aromatic carbocycles. The fourth-order valence-corrected chi connectivity index (χ4v) is 1.87. The van der Waals surface area contributed by atoms with Crippen LogP contribution >= 0.6 is 0 Å². The predicted octanol–water partition coefficient (Wildman–Crippen LogP) is 2.81. The summed E-state index contributed by atoms with van der Waals surface area (Å²) < 4.78 is 2.23. The fourth-order valence-electron chi connectivity index (χ4n) is 1.87. The molecular weight excluding hydrogens is 196 g/mol. The van der Waals surface area contributed by atoms with Crippen LogP contribution in [0.2, 0.25) is 0 Å². The number of hydrogen-bond donors (Lipinski definition) is 1. The molecule has 0 aliphatic heterocycles. The maximum atomic E-state index is 3.19. The molecule has 0 radical (unpaired) electrons. The van der Waals surface area contributed by atoms with Gasteiger partial charge in [0.2, 0.25) is 0 Å². The van der Waals surface area contributed by atoms with E-state index in [9.17, 15) is 0 Å². The number of rotatable bonds is 3. The number of nitrogens with zero attached hydrogens (tertiary/aromatic N) is 1. The van der Waals surface area contributed by atoms with Gasteiger partial charge in [0.1, 0.15) is 0 Å². The van der Waals surface area contributed by atoms with Gasteiger partial charge < -0.3 is 9.88 Å². The highest BCUT2D eigenvalue weighted by Crippen LogP contribution is 2.16. The van der Waals surface area contributed by atoms with E-state index in [0.717, 1.165) is 6.54 Å². The highest BCUT2D eigenvalue weighted by atomic mass is 15.0.